The Balaban J connectivity index is 2.19. The zero-order valence-electron chi connectivity index (χ0n) is 7.33. The van der Waals surface area contributed by atoms with Crippen LogP contribution in [0.15, 0.2) is 12.2 Å². The summed E-state index contributed by atoms with van der Waals surface area (Å²) in [6, 6.07) is 0. The zero-order chi connectivity index (χ0) is 8.77. The van der Waals surface area contributed by atoms with Crippen molar-refractivity contribution in [2.75, 3.05) is 0 Å². The van der Waals surface area contributed by atoms with Crippen LogP contribution in [0.4, 0.5) is 0 Å². The van der Waals surface area contributed by atoms with Crippen LogP contribution >= 0.6 is 0 Å². The highest BCUT2D eigenvalue weighted by atomic mass is 16.3. The summed E-state index contributed by atoms with van der Waals surface area (Å²) in [5, 5.41) is 9.88. The Morgan fingerprint density at radius 2 is 2.25 bits per heavy atom. The molecule has 0 unspecified atom stereocenters. The number of aliphatic hydroxyl groups is 1. The number of rotatable bonds is 1. The molecule has 1 N–H and O–H groups in total. The van der Waals surface area contributed by atoms with Crippen molar-refractivity contribution in [1.82, 2.24) is 0 Å². The molecular weight excluding hydrogens is 148 g/mol. The van der Waals surface area contributed by atoms with E-state index in [1.54, 1.807) is 6.92 Å². The lowest BCUT2D eigenvalue weighted by molar-refractivity contribution is 0.0434. The minimum absolute atomic E-state index is 0.289. The molecule has 0 aromatic carbocycles. The summed E-state index contributed by atoms with van der Waals surface area (Å²) in [5.74, 6) is 3.99. The fraction of sp³-hybridized carbons (Fsp3) is 0.636. The van der Waals surface area contributed by atoms with Crippen LogP contribution in [0.2, 0.25) is 0 Å². The predicted molar refractivity (Wildman–Crippen MR) is 48.3 cm³/mol. The average molecular weight is 162 g/mol. The molecule has 1 heteroatoms. The highest BCUT2D eigenvalue weighted by Gasteiger charge is 2.44. The SMILES string of the molecule is C#C[C@](C)(O)[C@@H]1C[C@@H]2C=C[C@@H]1C2. The second kappa shape index (κ2) is 2.37. The van der Waals surface area contributed by atoms with Crippen LogP contribution in [0.25, 0.3) is 0 Å². The number of terminal acetylenes is 1. The van der Waals surface area contributed by atoms with Gasteiger partial charge < -0.3 is 5.11 Å². The Labute approximate surface area is 73.5 Å². The van der Waals surface area contributed by atoms with E-state index in [0.29, 0.717) is 11.8 Å². The predicted octanol–water partition coefficient (Wildman–Crippen LogP) is 1.58. The van der Waals surface area contributed by atoms with E-state index in [4.69, 9.17) is 6.42 Å². The fourth-order valence-corrected chi connectivity index (χ4v) is 2.53. The van der Waals surface area contributed by atoms with Crippen LogP contribution < -0.4 is 0 Å². The van der Waals surface area contributed by atoms with Gasteiger partial charge in [-0.25, -0.2) is 0 Å². The molecule has 0 saturated heterocycles. The number of fused-ring (bicyclic) bond motifs is 2. The lowest BCUT2D eigenvalue weighted by Crippen LogP contribution is -2.35. The van der Waals surface area contributed by atoms with Crippen LogP contribution in [0.5, 0.6) is 0 Å². The molecule has 0 spiro atoms. The summed E-state index contributed by atoms with van der Waals surface area (Å²) >= 11 is 0. The van der Waals surface area contributed by atoms with Crippen molar-refractivity contribution in [3.8, 4) is 12.3 Å². The van der Waals surface area contributed by atoms with Crippen molar-refractivity contribution < 1.29 is 5.11 Å². The first kappa shape index (κ1) is 7.89. The second-order valence-corrected chi connectivity index (χ2v) is 4.18. The highest BCUT2D eigenvalue weighted by Crippen LogP contribution is 2.47. The lowest BCUT2D eigenvalue weighted by atomic mass is 9.80. The van der Waals surface area contributed by atoms with Gasteiger partial charge in [0.05, 0.1) is 0 Å². The molecule has 0 heterocycles. The summed E-state index contributed by atoms with van der Waals surface area (Å²) in [7, 11) is 0. The van der Waals surface area contributed by atoms with Crippen molar-refractivity contribution in [3.05, 3.63) is 12.2 Å². The monoisotopic (exact) mass is 162 g/mol. The Hall–Kier alpha value is -0.740. The molecule has 1 saturated carbocycles. The topological polar surface area (TPSA) is 20.2 Å². The standard InChI is InChI=1S/C11H14O/c1-3-11(2,12)10-7-8-4-5-9(10)6-8/h1,4-5,8-10,12H,6-7H2,2H3/t8-,9-,10-,11+/m1/s1. The van der Waals surface area contributed by atoms with Gasteiger partial charge in [-0.2, -0.15) is 0 Å². The van der Waals surface area contributed by atoms with Gasteiger partial charge >= 0.3 is 0 Å². The van der Waals surface area contributed by atoms with Gasteiger partial charge in [0.1, 0.15) is 5.60 Å². The minimum Gasteiger partial charge on any atom is -0.378 e. The fourth-order valence-electron chi connectivity index (χ4n) is 2.53. The van der Waals surface area contributed by atoms with Crippen molar-refractivity contribution in [2.45, 2.75) is 25.4 Å². The smallest absolute Gasteiger partial charge is 0.125 e. The van der Waals surface area contributed by atoms with Gasteiger partial charge in [0.15, 0.2) is 0 Å². The van der Waals surface area contributed by atoms with Crippen LogP contribution in [0.1, 0.15) is 19.8 Å². The summed E-state index contributed by atoms with van der Waals surface area (Å²) < 4.78 is 0. The summed E-state index contributed by atoms with van der Waals surface area (Å²) in [6.45, 7) is 1.76. The van der Waals surface area contributed by atoms with Crippen molar-refractivity contribution in [3.63, 3.8) is 0 Å². The Morgan fingerprint density at radius 3 is 2.67 bits per heavy atom. The molecule has 1 nitrogen and oxygen atoms in total. The molecule has 0 radical (unpaired) electrons. The Morgan fingerprint density at radius 1 is 1.50 bits per heavy atom. The molecule has 2 aliphatic rings. The van der Waals surface area contributed by atoms with E-state index >= 15 is 0 Å². The molecular formula is C11H14O. The van der Waals surface area contributed by atoms with Crippen LogP contribution in [0.3, 0.4) is 0 Å². The quantitative estimate of drug-likeness (QED) is 0.458. The maximum Gasteiger partial charge on any atom is 0.125 e. The first-order valence-electron chi connectivity index (χ1n) is 4.52. The number of hydrogen-bond donors (Lipinski definition) is 1. The van der Waals surface area contributed by atoms with E-state index < -0.39 is 5.60 Å². The van der Waals surface area contributed by atoms with Gasteiger partial charge in [0.25, 0.3) is 0 Å². The van der Waals surface area contributed by atoms with Gasteiger partial charge in [-0.1, -0.05) is 18.1 Å². The normalized spacial score (nSPS) is 42.6. The van der Waals surface area contributed by atoms with E-state index in [-0.39, 0.29) is 5.92 Å². The lowest BCUT2D eigenvalue weighted by Gasteiger charge is -2.29. The van der Waals surface area contributed by atoms with Crippen LogP contribution in [-0.2, 0) is 0 Å². The summed E-state index contributed by atoms with van der Waals surface area (Å²) in [6.07, 6.45) is 12.0. The molecule has 1 fully saturated rings. The van der Waals surface area contributed by atoms with E-state index in [9.17, 15) is 5.11 Å². The molecule has 12 heavy (non-hydrogen) atoms. The van der Waals surface area contributed by atoms with Gasteiger partial charge in [-0.15, -0.1) is 6.42 Å². The largest absolute Gasteiger partial charge is 0.378 e. The van der Waals surface area contributed by atoms with Gasteiger partial charge in [0.2, 0.25) is 0 Å². The molecule has 0 aromatic rings. The third-order valence-electron chi connectivity index (χ3n) is 3.29. The Kier molecular flexibility index (Phi) is 1.56. The van der Waals surface area contributed by atoms with E-state index in [2.05, 4.69) is 18.1 Å². The molecule has 2 aliphatic carbocycles. The maximum atomic E-state index is 9.88. The molecule has 4 atom stereocenters. The van der Waals surface area contributed by atoms with Crippen LogP contribution in [0, 0.1) is 30.1 Å². The zero-order valence-corrected chi connectivity index (χ0v) is 7.33. The molecule has 0 aromatic heterocycles. The van der Waals surface area contributed by atoms with Crippen LogP contribution in [-0.4, -0.2) is 10.7 Å². The number of allylic oxidation sites excluding steroid dienone is 2. The minimum atomic E-state index is -0.899. The summed E-state index contributed by atoms with van der Waals surface area (Å²) in [5.41, 5.74) is -0.899. The van der Waals surface area contributed by atoms with Crippen molar-refractivity contribution in [1.29, 1.82) is 0 Å². The molecule has 2 rings (SSSR count). The third kappa shape index (κ3) is 0.990. The van der Waals surface area contributed by atoms with E-state index in [1.807, 2.05) is 0 Å². The van der Waals surface area contributed by atoms with Gasteiger partial charge in [-0.3, -0.25) is 0 Å². The van der Waals surface area contributed by atoms with Crippen molar-refractivity contribution >= 4 is 0 Å². The van der Waals surface area contributed by atoms with E-state index in [0.717, 1.165) is 6.42 Å². The highest BCUT2D eigenvalue weighted by molar-refractivity contribution is 5.19. The summed E-state index contributed by atoms with van der Waals surface area (Å²) in [4.78, 5) is 0. The first-order chi connectivity index (χ1) is 5.63. The molecule has 64 valence electrons. The number of hydrogen-bond acceptors (Lipinski definition) is 1. The maximum absolute atomic E-state index is 9.88. The van der Waals surface area contributed by atoms with Crippen molar-refractivity contribution in [2.24, 2.45) is 17.8 Å². The molecule has 0 amide bonds. The second-order valence-electron chi connectivity index (χ2n) is 4.18. The van der Waals surface area contributed by atoms with Gasteiger partial charge in [0, 0.05) is 5.92 Å². The third-order valence-corrected chi connectivity index (χ3v) is 3.29. The first-order valence-corrected chi connectivity index (χ1v) is 4.52. The van der Waals surface area contributed by atoms with Gasteiger partial charge in [-0.05, 0) is 31.6 Å². The average Bonchev–Trinajstić information content (AvgIpc) is 2.64. The molecule has 0 aliphatic heterocycles. The molecule has 2 bridgehead atoms. The van der Waals surface area contributed by atoms with E-state index in [1.165, 1.54) is 6.42 Å². The Bertz CT molecular complexity index is 257.